The smallest absolute Gasteiger partial charge is 0.137 e. The van der Waals surface area contributed by atoms with Crippen LogP contribution in [0.4, 0.5) is 4.39 Å². The van der Waals surface area contributed by atoms with E-state index in [1.807, 2.05) is 0 Å². The van der Waals surface area contributed by atoms with Gasteiger partial charge in [-0.3, -0.25) is 0 Å². The maximum atomic E-state index is 13.2. The molecule has 0 radical (unpaired) electrons. The van der Waals surface area contributed by atoms with Crippen molar-refractivity contribution in [2.24, 2.45) is 11.3 Å². The minimum Gasteiger partial charge on any atom is -0.392 e. The number of halogens is 2. The van der Waals surface area contributed by atoms with Gasteiger partial charge in [-0.2, -0.15) is 0 Å². The second kappa shape index (κ2) is 5.92. The predicted molar refractivity (Wildman–Crippen MR) is 79.5 cm³/mol. The van der Waals surface area contributed by atoms with Gasteiger partial charge in [0.25, 0.3) is 0 Å². The summed E-state index contributed by atoms with van der Waals surface area (Å²) < 4.78 is 13.7. The van der Waals surface area contributed by atoms with Crippen molar-refractivity contribution >= 4 is 15.9 Å². The molecule has 0 bridgehead atoms. The van der Waals surface area contributed by atoms with Crippen LogP contribution in [0.2, 0.25) is 0 Å². The molecule has 1 nitrogen and oxygen atoms in total. The fourth-order valence-corrected chi connectivity index (χ4v) is 3.71. The highest BCUT2D eigenvalue weighted by Crippen LogP contribution is 2.43. The average molecular weight is 329 g/mol. The van der Waals surface area contributed by atoms with Crippen molar-refractivity contribution in [3.8, 4) is 0 Å². The van der Waals surface area contributed by atoms with E-state index in [4.69, 9.17) is 0 Å². The highest BCUT2D eigenvalue weighted by Gasteiger charge is 2.36. The zero-order chi connectivity index (χ0) is 14.0. The van der Waals surface area contributed by atoms with Crippen molar-refractivity contribution in [3.63, 3.8) is 0 Å². The highest BCUT2D eigenvalue weighted by molar-refractivity contribution is 9.10. The van der Waals surface area contributed by atoms with Crippen molar-refractivity contribution in [1.29, 1.82) is 0 Å². The number of aliphatic hydroxyl groups is 1. The summed E-state index contributed by atoms with van der Waals surface area (Å²) in [7, 11) is 0. The largest absolute Gasteiger partial charge is 0.392 e. The Balaban J connectivity index is 2.07. The fourth-order valence-electron chi connectivity index (χ4n) is 3.28. The van der Waals surface area contributed by atoms with Crippen LogP contribution in [0.25, 0.3) is 0 Å². The lowest BCUT2D eigenvalue weighted by Gasteiger charge is -2.41. The topological polar surface area (TPSA) is 20.2 Å². The van der Waals surface area contributed by atoms with Crippen LogP contribution in [0, 0.1) is 17.2 Å². The molecule has 2 atom stereocenters. The van der Waals surface area contributed by atoms with Gasteiger partial charge in [0.05, 0.1) is 10.6 Å². The summed E-state index contributed by atoms with van der Waals surface area (Å²) in [5.41, 5.74) is 1.19. The van der Waals surface area contributed by atoms with Gasteiger partial charge in [-0.25, -0.2) is 4.39 Å². The molecule has 2 rings (SSSR count). The van der Waals surface area contributed by atoms with Crippen LogP contribution in [0.5, 0.6) is 0 Å². The standard InChI is InChI=1S/C16H22BrFO/c1-16(2)8-4-3-5-12(16)15(19)10-11-6-7-14(18)13(17)9-11/h6-7,9,12,15,19H,3-5,8,10H2,1-2H3. The fraction of sp³-hybridized carbons (Fsp3) is 0.625. The molecule has 1 fully saturated rings. The lowest BCUT2D eigenvalue weighted by Crippen LogP contribution is -2.37. The van der Waals surface area contributed by atoms with Gasteiger partial charge in [-0.15, -0.1) is 0 Å². The highest BCUT2D eigenvalue weighted by atomic mass is 79.9. The molecule has 1 aliphatic carbocycles. The van der Waals surface area contributed by atoms with E-state index in [0.29, 0.717) is 16.8 Å². The van der Waals surface area contributed by atoms with Crippen molar-refractivity contribution in [1.82, 2.24) is 0 Å². The first-order valence-electron chi connectivity index (χ1n) is 7.02. The first-order valence-corrected chi connectivity index (χ1v) is 7.81. The molecule has 3 heteroatoms. The van der Waals surface area contributed by atoms with Crippen molar-refractivity contribution < 1.29 is 9.50 Å². The molecule has 0 spiro atoms. The quantitative estimate of drug-likeness (QED) is 0.852. The first kappa shape index (κ1) is 15.0. The van der Waals surface area contributed by atoms with Crippen LogP contribution >= 0.6 is 15.9 Å². The maximum absolute atomic E-state index is 13.2. The first-order chi connectivity index (χ1) is 8.90. The molecule has 106 valence electrons. The number of hydrogen-bond donors (Lipinski definition) is 1. The normalized spacial score (nSPS) is 24.2. The molecule has 2 unspecified atom stereocenters. The van der Waals surface area contributed by atoms with E-state index < -0.39 is 0 Å². The third kappa shape index (κ3) is 3.57. The van der Waals surface area contributed by atoms with Crippen molar-refractivity contribution in [2.45, 2.75) is 52.1 Å². The number of rotatable bonds is 3. The van der Waals surface area contributed by atoms with Crippen LogP contribution < -0.4 is 0 Å². The van der Waals surface area contributed by atoms with Gasteiger partial charge in [-0.05, 0) is 64.2 Å². The van der Waals surface area contributed by atoms with E-state index in [9.17, 15) is 9.50 Å². The third-order valence-corrected chi connectivity index (χ3v) is 5.09. The molecule has 0 saturated heterocycles. The van der Waals surface area contributed by atoms with E-state index in [-0.39, 0.29) is 17.3 Å². The van der Waals surface area contributed by atoms with Gasteiger partial charge in [-0.1, -0.05) is 32.8 Å². The van der Waals surface area contributed by atoms with Crippen LogP contribution in [-0.2, 0) is 6.42 Å². The Kier molecular flexibility index (Phi) is 4.67. The average Bonchev–Trinajstić information content (AvgIpc) is 2.33. The predicted octanol–water partition coefficient (Wildman–Crippen LogP) is 4.71. The molecule has 0 amide bonds. The molecule has 0 aromatic heterocycles. The van der Waals surface area contributed by atoms with E-state index in [1.54, 1.807) is 12.1 Å². The zero-order valence-corrected chi connectivity index (χ0v) is 13.2. The van der Waals surface area contributed by atoms with E-state index >= 15 is 0 Å². The molecule has 1 aromatic rings. The molecule has 1 aromatic carbocycles. The van der Waals surface area contributed by atoms with Crippen molar-refractivity contribution in [3.05, 3.63) is 34.1 Å². The molecule has 1 saturated carbocycles. The minimum absolute atomic E-state index is 0.203. The van der Waals surface area contributed by atoms with Gasteiger partial charge in [0, 0.05) is 0 Å². The molecule has 0 heterocycles. The number of benzene rings is 1. The van der Waals surface area contributed by atoms with Crippen LogP contribution in [0.1, 0.15) is 45.1 Å². The maximum Gasteiger partial charge on any atom is 0.137 e. The second-order valence-corrected chi connectivity index (χ2v) is 7.22. The molecule has 0 aliphatic heterocycles. The van der Waals surface area contributed by atoms with Crippen molar-refractivity contribution in [2.75, 3.05) is 0 Å². The summed E-state index contributed by atoms with van der Waals surface area (Å²) in [5.74, 6) is 0.0846. The Morgan fingerprint density at radius 1 is 1.42 bits per heavy atom. The Morgan fingerprint density at radius 2 is 2.16 bits per heavy atom. The Bertz CT molecular complexity index is 444. The monoisotopic (exact) mass is 328 g/mol. The number of hydrogen-bond acceptors (Lipinski definition) is 1. The van der Waals surface area contributed by atoms with Gasteiger partial charge < -0.3 is 5.11 Å². The lowest BCUT2D eigenvalue weighted by atomic mass is 9.66. The Morgan fingerprint density at radius 3 is 2.79 bits per heavy atom. The lowest BCUT2D eigenvalue weighted by molar-refractivity contribution is 0.00579. The van der Waals surface area contributed by atoms with Crippen LogP contribution in [0.15, 0.2) is 22.7 Å². The summed E-state index contributed by atoms with van der Waals surface area (Å²) in [5, 5.41) is 10.5. The Hall–Kier alpha value is -0.410. The summed E-state index contributed by atoms with van der Waals surface area (Å²) in [4.78, 5) is 0. The molecule has 1 aliphatic rings. The van der Waals surface area contributed by atoms with Crippen LogP contribution in [0.3, 0.4) is 0 Å². The SMILES string of the molecule is CC1(C)CCCCC1C(O)Cc1ccc(F)c(Br)c1. The number of aliphatic hydroxyl groups excluding tert-OH is 1. The van der Waals surface area contributed by atoms with Crippen LogP contribution in [-0.4, -0.2) is 11.2 Å². The third-order valence-electron chi connectivity index (χ3n) is 4.48. The van der Waals surface area contributed by atoms with Gasteiger partial charge in [0.2, 0.25) is 0 Å². The minimum atomic E-state index is -0.340. The molecule has 19 heavy (non-hydrogen) atoms. The Labute approximate surface area is 123 Å². The van der Waals surface area contributed by atoms with E-state index in [0.717, 1.165) is 12.0 Å². The summed E-state index contributed by atoms with van der Waals surface area (Å²) in [6, 6.07) is 4.99. The summed E-state index contributed by atoms with van der Waals surface area (Å²) in [6.45, 7) is 4.50. The molecule has 1 N–H and O–H groups in total. The van der Waals surface area contributed by atoms with Gasteiger partial charge >= 0.3 is 0 Å². The zero-order valence-electron chi connectivity index (χ0n) is 11.6. The molecular weight excluding hydrogens is 307 g/mol. The summed E-state index contributed by atoms with van der Waals surface area (Å²) >= 11 is 3.20. The molecular formula is C16H22BrFO. The summed E-state index contributed by atoms with van der Waals surface area (Å²) in [6.07, 6.45) is 5.01. The second-order valence-electron chi connectivity index (χ2n) is 6.36. The van der Waals surface area contributed by atoms with E-state index in [1.165, 1.54) is 25.3 Å². The van der Waals surface area contributed by atoms with Gasteiger partial charge in [0.1, 0.15) is 5.82 Å². The van der Waals surface area contributed by atoms with Gasteiger partial charge in [0.15, 0.2) is 0 Å². The van der Waals surface area contributed by atoms with E-state index in [2.05, 4.69) is 29.8 Å².